The van der Waals surface area contributed by atoms with Crippen LogP contribution in [0.5, 0.6) is 11.5 Å². The molecule has 0 radical (unpaired) electrons. The minimum absolute atomic E-state index is 0.0175. The fourth-order valence-corrected chi connectivity index (χ4v) is 2.33. The molecule has 100 valence electrons. The van der Waals surface area contributed by atoms with Crippen LogP contribution < -0.4 is 14.8 Å². The van der Waals surface area contributed by atoms with Crippen LogP contribution in [0.2, 0.25) is 0 Å². The van der Waals surface area contributed by atoms with Crippen molar-refractivity contribution in [1.82, 2.24) is 5.32 Å². The number of rotatable bonds is 5. The van der Waals surface area contributed by atoms with Gasteiger partial charge in [-0.2, -0.15) is 0 Å². The normalized spacial score (nSPS) is 14.0. The fraction of sp³-hybridized carbons (Fsp3) is 0.571. The summed E-state index contributed by atoms with van der Waals surface area (Å²) in [6, 6.07) is 4.14. The fourth-order valence-electron chi connectivity index (χ4n) is 2.33. The second kappa shape index (κ2) is 5.16. The molecule has 0 saturated carbocycles. The predicted molar refractivity (Wildman–Crippen MR) is 70.2 cm³/mol. The SMILES string of the molecule is COCNCC(C)(C)c1cc2c(cc1C)OCO2. The van der Waals surface area contributed by atoms with Gasteiger partial charge in [-0.25, -0.2) is 0 Å². The Labute approximate surface area is 108 Å². The molecule has 0 spiro atoms. The molecular weight excluding hydrogens is 230 g/mol. The van der Waals surface area contributed by atoms with Crippen LogP contribution in [0.15, 0.2) is 12.1 Å². The third-order valence-corrected chi connectivity index (χ3v) is 3.26. The molecule has 4 nitrogen and oxygen atoms in total. The number of hydrogen-bond acceptors (Lipinski definition) is 4. The molecule has 1 aromatic rings. The van der Waals surface area contributed by atoms with Gasteiger partial charge in [0.2, 0.25) is 6.79 Å². The van der Waals surface area contributed by atoms with E-state index in [9.17, 15) is 0 Å². The van der Waals surface area contributed by atoms with Crippen molar-refractivity contribution in [3.63, 3.8) is 0 Å². The number of benzene rings is 1. The zero-order valence-electron chi connectivity index (χ0n) is 11.5. The lowest BCUT2D eigenvalue weighted by molar-refractivity contribution is 0.169. The van der Waals surface area contributed by atoms with Gasteiger partial charge in [-0.1, -0.05) is 13.8 Å². The van der Waals surface area contributed by atoms with E-state index in [1.165, 1.54) is 11.1 Å². The third-order valence-electron chi connectivity index (χ3n) is 3.26. The topological polar surface area (TPSA) is 39.7 Å². The maximum Gasteiger partial charge on any atom is 0.231 e. The summed E-state index contributed by atoms with van der Waals surface area (Å²) in [5.74, 6) is 1.69. The van der Waals surface area contributed by atoms with Crippen molar-refractivity contribution in [2.75, 3.05) is 27.2 Å². The van der Waals surface area contributed by atoms with Crippen LogP contribution in [0.4, 0.5) is 0 Å². The Morgan fingerprint density at radius 2 is 1.94 bits per heavy atom. The molecule has 1 N–H and O–H groups in total. The summed E-state index contributed by atoms with van der Waals surface area (Å²) in [5, 5.41) is 3.27. The summed E-state index contributed by atoms with van der Waals surface area (Å²) in [6.07, 6.45) is 0. The maximum atomic E-state index is 5.45. The quantitative estimate of drug-likeness (QED) is 0.643. The van der Waals surface area contributed by atoms with E-state index >= 15 is 0 Å². The molecule has 0 atom stereocenters. The molecule has 0 bridgehead atoms. The smallest absolute Gasteiger partial charge is 0.231 e. The highest BCUT2D eigenvalue weighted by Gasteiger charge is 2.25. The molecule has 4 heteroatoms. The predicted octanol–water partition coefficient (Wildman–Crippen LogP) is 2.19. The van der Waals surface area contributed by atoms with Gasteiger partial charge in [0.25, 0.3) is 0 Å². The summed E-state index contributed by atoms with van der Waals surface area (Å²) in [7, 11) is 1.69. The van der Waals surface area contributed by atoms with E-state index in [1.54, 1.807) is 7.11 Å². The number of hydrogen-bond donors (Lipinski definition) is 1. The average molecular weight is 251 g/mol. The first-order chi connectivity index (χ1) is 8.54. The molecule has 0 saturated heterocycles. The van der Waals surface area contributed by atoms with Crippen LogP contribution in [-0.2, 0) is 10.2 Å². The van der Waals surface area contributed by atoms with Crippen LogP contribution in [0.3, 0.4) is 0 Å². The molecule has 0 aliphatic carbocycles. The highest BCUT2D eigenvalue weighted by Crippen LogP contribution is 2.38. The summed E-state index contributed by atoms with van der Waals surface area (Å²) in [4.78, 5) is 0. The Hall–Kier alpha value is -1.26. The van der Waals surface area contributed by atoms with Crippen LogP contribution in [0, 0.1) is 6.92 Å². The van der Waals surface area contributed by atoms with Crippen LogP contribution >= 0.6 is 0 Å². The van der Waals surface area contributed by atoms with Crippen molar-refractivity contribution >= 4 is 0 Å². The standard InChI is InChI=1S/C14H21NO3/c1-10-5-12-13(18-9-17-12)6-11(10)14(2,3)7-15-8-16-4/h5-6,15H,7-9H2,1-4H3. The Morgan fingerprint density at radius 1 is 1.28 bits per heavy atom. The minimum Gasteiger partial charge on any atom is -0.454 e. The zero-order valence-corrected chi connectivity index (χ0v) is 11.5. The van der Waals surface area contributed by atoms with Crippen molar-refractivity contribution in [3.05, 3.63) is 23.3 Å². The second-order valence-corrected chi connectivity index (χ2v) is 5.26. The maximum absolute atomic E-state index is 5.45. The molecule has 1 aromatic carbocycles. The Balaban J connectivity index is 2.21. The van der Waals surface area contributed by atoms with E-state index in [4.69, 9.17) is 14.2 Å². The Kier molecular flexibility index (Phi) is 3.78. The van der Waals surface area contributed by atoms with Gasteiger partial charge >= 0.3 is 0 Å². The van der Waals surface area contributed by atoms with Crippen molar-refractivity contribution in [1.29, 1.82) is 0 Å². The number of methoxy groups -OCH3 is 1. The van der Waals surface area contributed by atoms with Gasteiger partial charge in [-0.15, -0.1) is 0 Å². The monoisotopic (exact) mass is 251 g/mol. The van der Waals surface area contributed by atoms with E-state index in [1.807, 2.05) is 0 Å². The van der Waals surface area contributed by atoms with E-state index in [2.05, 4.69) is 38.2 Å². The summed E-state index contributed by atoms with van der Waals surface area (Å²) in [5.41, 5.74) is 2.52. The number of fused-ring (bicyclic) bond motifs is 1. The lowest BCUT2D eigenvalue weighted by Gasteiger charge is -2.27. The second-order valence-electron chi connectivity index (χ2n) is 5.26. The first-order valence-corrected chi connectivity index (χ1v) is 6.15. The molecule has 0 fully saturated rings. The van der Waals surface area contributed by atoms with Crippen molar-refractivity contribution in [3.8, 4) is 11.5 Å². The van der Waals surface area contributed by atoms with Gasteiger partial charge in [0.05, 0.1) is 6.73 Å². The first-order valence-electron chi connectivity index (χ1n) is 6.15. The van der Waals surface area contributed by atoms with Gasteiger partial charge in [0.15, 0.2) is 11.5 Å². The third kappa shape index (κ3) is 2.60. The molecular formula is C14H21NO3. The zero-order chi connectivity index (χ0) is 13.2. The van der Waals surface area contributed by atoms with Gasteiger partial charge in [0.1, 0.15) is 0 Å². The Bertz CT molecular complexity index is 429. The Morgan fingerprint density at radius 3 is 2.61 bits per heavy atom. The van der Waals surface area contributed by atoms with Crippen LogP contribution in [-0.4, -0.2) is 27.2 Å². The van der Waals surface area contributed by atoms with Crippen molar-refractivity contribution < 1.29 is 14.2 Å². The number of aryl methyl sites for hydroxylation is 1. The average Bonchev–Trinajstić information content (AvgIpc) is 2.75. The van der Waals surface area contributed by atoms with E-state index in [-0.39, 0.29) is 5.41 Å². The summed E-state index contributed by atoms with van der Waals surface area (Å²) in [6.45, 7) is 8.25. The summed E-state index contributed by atoms with van der Waals surface area (Å²) >= 11 is 0. The van der Waals surface area contributed by atoms with Crippen molar-refractivity contribution in [2.45, 2.75) is 26.2 Å². The van der Waals surface area contributed by atoms with Gasteiger partial charge in [-0.05, 0) is 30.2 Å². The van der Waals surface area contributed by atoms with Crippen LogP contribution in [0.25, 0.3) is 0 Å². The van der Waals surface area contributed by atoms with Crippen molar-refractivity contribution in [2.24, 2.45) is 0 Å². The van der Waals surface area contributed by atoms with Gasteiger partial charge in [-0.3, -0.25) is 5.32 Å². The molecule has 0 amide bonds. The first kappa shape index (κ1) is 13.2. The molecule has 2 rings (SSSR count). The highest BCUT2D eigenvalue weighted by atomic mass is 16.7. The lowest BCUT2D eigenvalue weighted by Crippen LogP contribution is -2.34. The van der Waals surface area contributed by atoms with E-state index in [0.717, 1.165) is 18.0 Å². The lowest BCUT2D eigenvalue weighted by atomic mass is 9.81. The van der Waals surface area contributed by atoms with E-state index in [0.29, 0.717) is 13.5 Å². The summed E-state index contributed by atoms with van der Waals surface area (Å²) < 4.78 is 15.9. The molecule has 1 aliphatic rings. The molecule has 0 aromatic heterocycles. The molecule has 1 heterocycles. The largest absolute Gasteiger partial charge is 0.454 e. The highest BCUT2D eigenvalue weighted by molar-refractivity contribution is 5.50. The minimum atomic E-state index is 0.0175. The van der Waals surface area contributed by atoms with Gasteiger partial charge in [0, 0.05) is 19.1 Å². The number of nitrogens with one attached hydrogen (secondary N) is 1. The number of ether oxygens (including phenoxy) is 3. The molecule has 1 aliphatic heterocycles. The molecule has 0 unspecified atom stereocenters. The van der Waals surface area contributed by atoms with Gasteiger partial charge < -0.3 is 14.2 Å². The molecule has 18 heavy (non-hydrogen) atoms. The van der Waals surface area contributed by atoms with E-state index < -0.39 is 0 Å². The van der Waals surface area contributed by atoms with Crippen LogP contribution in [0.1, 0.15) is 25.0 Å².